The van der Waals surface area contributed by atoms with Crippen molar-refractivity contribution in [2.75, 3.05) is 0 Å². The van der Waals surface area contributed by atoms with E-state index >= 15 is 0 Å². The van der Waals surface area contributed by atoms with Gasteiger partial charge >= 0.3 is 0 Å². The first kappa shape index (κ1) is 10.1. The summed E-state index contributed by atoms with van der Waals surface area (Å²) in [6, 6.07) is 0. The lowest BCUT2D eigenvalue weighted by Crippen LogP contribution is -2.30. The summed E-state index contributed by atoms with van der Waals surface area (Å²) < 4.78 is 0. The van der Waals surface area contributed by atoms with Crippen molar-refractivity contribution in [3.05, 3.63) is 5.92 Å². The normalized spacial score (nSPS) is 52.0. The van der Waals surface area contributed by atoms with E-state index in [1.165, 1.54) is 32.1 Å². The molecule has 2 bridgehead atoms. The third-order valence-electron chi connectivity index (χ3n) is 6.52. The third kappa shape index (κ3) is 1.02. The molecule has 0 saturated heterocycles. The first-order valence-electron chi connectivity index (χ1n) is 6.81. The molecule has 15 heavy (non-hydrogen) atoms. The summed E-state index contributed by atoms with van der Waals surface area (Å²) in [4.78, 5) is 0. The average Bonchev–Trinajstić information content (AvgIpc) is 2.57. The minimum absolute atomic E-state index is 0.603. The number of rotatable bonds is 0. The summed E-state index contributed by atoms with van der Waals surface area (Å²) in [5, 5.41) is 0. The summed E-state index contributed by atoms with van der Waals surface area (Å²) in [6.07, 6.45) is 7.47. The molecule has 0 N–H and O–H groups in total. The van der Waals surface area contributed by atoms with Crippen molar-refractivity contribution >= 4 is 0 Å². The first-order chi connectivity index (χ1) is 6.98. The molecule has 4 atom stereocenters. The van der Waals surface area contributed by atoms with Gasteiger partial charge in [-0.05, 0) is 42.9 Å². The monoisotopic (exact) mass is 205 g/mol. The Bertz CT molecular complexity index is 278. The standard InChI is InChI=1S/C15H25/c1-10-7-8-15-9-12(10)14(3,4)13(15)6-5-11(15)2/h11-13H,5-9H2,1-4H3/q+1/t11?,12-,13-,15-/m0/s1. The van der Waals surface area contributed by atoms with Crippen molar-refractivity contribution in [1.82, 2.24) is 0 Å². The van der Waals surface area contributed by atoms with Crippen LogP contribution in [0.25, 0.3) is 0 Å². The van der Waals surface area contributed by atoms with E-state index in [0.717, 1.165) is 23.2 Å². The van der Waals surface area contributed by atoms with Gasteiger partial charge in [0.05, 0.1) is 19.3 Å². The molecule has 0 aromatic heterocycles. The van der Waals surface area contributed by atoms with E-state index in [-0.39, 0.29) is 0 Å². The molecule has 3 fully saturated rings. The molecule has 0 nitrogen and oxygen atoms in total. The fraction of sp³-hybridized carbons (Fsp3) is 0.933. The van der Waals surface area contributed by atoms with Crippen molar-refractivity contribution in [2.45, 2.75) is 59.8 Å². The van der Waals surface area contributed by atoms with Crippen LogP contribution in [0.15, 0.2) is 0 Å². The average molecular weight is 205 g/mol. The Morgan fingerprint density at radius 3 is 2.67 bits per heavy atom. The van der Waals surface area contributed by atoms with Crippen molar-refractivity contribution < 1.29 is 0 Å². The SMILES string of the molecule is C[C+]1CC[C@@]23C[C@@H]1C(C)(C)[C@@H]2CCC3C. The highest BCUT2D eigenvalue weighted by Crippen LogP contribution is 2.72. The molecule has 0 aliphatic heterocycles. The second-order valence-corrected chi connectivity index (χ2v) is 7.19. The fourth-order valence-electron chi connectivity index (χ4n) is 5.61. The fourth-order valence-corrected chi connectivity index (χ4v) is 5.61. The van der Waals surface area contributed by atoms with Crippen LogP contribution in [-0.4, -0.2) is 0 Å². The van der Waals surface area contributed by atoms with Crippen molar-refractivity contribution in [3.8, 4) is 0 Å². The van der Waals surface area contributed by atoms with Crippen LogP contribution in [0, 0.1) is 34.5 Å². The van der Waals surface area contributed by atoms with E-state index in [1.54, 1.807) is 0 Å². The van der Waals surface area contributed by atoms with E-state index in [4.69, 9.17) is 0 Å². The molecule has 0 aromatic carbocycles. The first-order valence-corrected chi connectivity index (χ1v) is 6.81. The smallest absolute Gasteiger partial charge is 0.0620 e. The number of hydrogen-bond donors (Lipinski definition) is 0. The Morgan fingerprint density at radius 2 is 1.93 bits per heavy atom. The highest BCUT2D eigenvalue weighted by atomic mass is 14.7. The lowest BCUT2D eigenvalue weighted by Gasteiger charge is -2.36. The van der Waals surface area contributed by atoms with Crippen molar-refractivity contribution in [2.24, 2.45) is 28.6 Å². The molecule has 0 heteroatoms. The van der Waals surface area contributed by atoms with Gasteiger partial charge in [0.15, 0.2) is 0 Å². The second kappa shape index (κ2) is 2.76. The van der Waals surface area contributed by atoms with Gasteiger partial charge in [-0.3, -0.25) is 0 Å². The van der Waals surface area contributed by atoms with Gasteiger partial charge in [0.2, 0.25) is 0 Å². The molecule has 1 spiro atoms. The Hall–Kier alpha value is -0.130. The third-order valence-corrected chi connectivity index (χ3v) is 6.52. The maximum Gasteiger partial charge on any atom is 0.106 e. The maximum atomic E-state index is 2.55. The van der Waals surface area contributed by atoms with Crippen molar-refractivity contribution in [1.29, 1.82) is 0 Å². The Kier molecular flexibility index (Phi) is 1.85. The molecule has 0 aromatic rings. The molecule has 3 aliphatic carbocycles. The molecule has 1 unspecified atom stereocenters. The lowest BCUT2D eigenvalue weighted by molar-refractivity contribution is 0.117. The van der Waals surface area contributed by atoms with Crippen molar-refractivity contribution in [3.63, 3.8) is 0 Å². The van der Waals surface area contributed by atoms with E-state index in [0.29, 0.717) is 5.41 Å². The molecular formula is C15H25+. The Labute approximate surface area is 94.8 Å². The molecule has 0 amide bonds. The summed E-state index contributed by atoms with van der Waals surface area (Å²) >= 11 is 0. The van der Waals surface area contributed by atoms with Crippen LogP contribution in [0.3, 0.4) is 0 Å². The summed E-state index contributed by atoms with van der Waals surface area (Å²) in [6.45, 7) is 10.1. The zero-order chi connectivity index (χ0) is 10.8. The second-order valence-electron chi connectivity index (χ2n) is 7.19. The molecule has 0 heterocycles. The minimum Gasteiger partial charge on any atom is -0.0620 e. The summed E-state index contributed by atoms with van der Waals surface area (Å²) in [7, 11) is 0. The van der Waals surface area contributed by atoms with Crippen LogP contribution >= 0.6 is 0 Å². The van der Waals surface area contributed by atoms with Gasteiger partial charge in [-0.25, -0.2) is 0 Å². The number of hydrogen-bond acceptors (Lipinski definition) is 0. The quantitative estimate of drug-likeness (QED) is 0.512. The summed E-state index contributed by atoms with van der Waals surface area (Å²) in [5.74, 6) is 4.79. The van der Waals surface area contributed by atoms with E-state index in [1.807, 2.05) is 5.92 Å². The highest BCUT2D eigenvalue weighted by molar-refractivity contribution is 5.20. The van der Waals surface area contributed by atoms with E-state index < -0.39 is 0 Å². The van der Waals surface area contributed by atoms with Crippen LogP contribution in [0.4, 0.5) is 0 Å². The number of fused-ring (bicyclic) bond motifs is 1. The van der Waals surface area contributed by atoms with Gasteiger partial charge in [-0.2, -0.15) is 0 Å². The predicted molar refractivity (Wildman–Crippen MR) is 64.4 cm³/mol. The van der Waals surface area contributed by atoms with Crippen LogP contribution in [0.5, 0.6) is 0 Å². The molecule has 3 rings (SSSR count). The maximum absolute atomic E-state index is 2.55. The van der Waals surface area contributed by atoms with Crippen LogP contribution in [-0.2, 0) is 0 Å². The lowest BCUT2D eigenvalue weighted by atomic mass is 9.66. The van der Waals surface area contributed by atoms with Crippen LogP contribution < -0.4 is 0 Å². The van der Waals surface area contributed by atoms with E-state index in [9.17, 15) is 0 Å². The Balaban J connectivity index is 2.04. The van der Waals surface area contributed by atoms with Gasteiger partial charge < -0.3 is 0 Å². The topological polar surface area (TPSA) is 0 Å². The summed E-state index contributed by atoms with van der Waals surface area (Å²) in [5.41, 5.74) is 1.36. The van der Waals surface area contributed by atoms with Gasteiger partial charge in [0.1, 0.15) is 5.92 Å². The molecule has 3 saturated carbocycles. The largest absolute Gasteiger partial charge is 0.106 e. The molecule has 0 radical (unpaired) electrons. The minimum atomic E-state index is 0.603. The van der Waals surface area contributed by atoms with Crippen LogP contribution in [0.2, 0.25) is 0 Å². The van der Waals surface area contributed by atoms with Gasteiger partial charge in [0, 0.05) is 5.41 Å². The van der Waals surface area contributed by atoms with Gasteiger partial charge in [0.25, 0.3) is 0 Å². The zero-order valence-corrected chi connectivity index (χ0v) is 10.8. The van der Waals surface area contributed by atoms with E-state index in [2.05, 4.69) is 27.7 Å². The molecular weight excluding hydrogens is 180 g/mol. The van der Waals surface area contributed by atoms with Gasteiger partial charge in [-0.1, -0.05) is 20.8 Å². The van der Waals surface area contributed by atoms with Gasteiger partial charge in [-0.15, -0.1) is 0 Å². The molecule has 84 valence electrons. The Morgan fingerprint density at radius 1 is 1.20 bits per heavy atom. The highest BCUT2D eigenvalue weighted by Gasteiger charge is 2.68. The zero-order valence-electron chi connectivity index (χ0n) is 10.8. The van der Waals surface area contributed by atoms with Crippen LogP contribution in [0.1, 0.15) is 59.8 Å². The predicted octanol–water partition coefficient (Wildman–Crippen LogP) is 4.45. The molecule has 3 aliphatic rings.